The molecule has 0 bridgehead atoms. The van der Waals surface area contributed by atoms with Crippen LogP contribution in [-0.2, 0) is 4.74 Å². The summed E-state index contributed by atoms with van der Waals surface area (Å²) in [5.74, 6) is 0. The quantitative estimate of drug-likeness (QED) is 0.706. The Balaban J connectivity index is 0. The molecule has 1 rings (SSSR count). The minimum Gasteiger partial charge on any atom is -0.450 e. The van der Waals surface area contributed by atoms with Gasteiger partial charge in [0.1, 0.15) is 0 Å². The summed E-state index contributed by atoms with van der Waals surface area (Å²) in [7, 11) is 1.72. The molecule has 1 aliphatic rings. The van der Waals surface area contributed by atoms with Crippen LogP contribution in [0.1, 0.15) is 53.9 Å². The lowest BCUT2D eigenvalue weighted by Crippen LogP contribution is -2.33. The molecule has 0 radical (unpaired) electrons. The van der Waals surface area contributed by atoms with E-state index in [-0.39, 0.29) is 12.1 Å². The van der Waals surface area contributed by atoms with Gasteiger partial charge in [-0.05, 0) is 20.8 Å². The van der Waals surface area contributed by atoms with Crippen LogP contribution in [0.2, 0.25) is 0 Å². The van der Waals surface area contributed by atoms with Crippen molar-refractivity contribution in [3.8, 4) is 0 Å². The lowest BCUT2D eigenvalue weighted by Gasteiger charge is -2.19. The SMILES string of the molecule is C1CC1.CC.CCOC(=O)N(C)C(C)C. The Labute approximate surface area is 94.8 Å². The Bertz CT molecular complexity index is 142. The molecule has 15 heavy (non-hydrogen) atoms. The van der Waals surface area contributed by atoms with Crippen LogP contribution in [-0.4, -0.2) is 30.7 Å². The normalized spacial score (nSPS) is 11.7. The zero-order valence-corrected chi connectivity index (χ0v) is 11.2. The zero-order chi connectivity index (χ0) is 12.3. The van der Waals surface area contributed by atoms with Crippen LogP contribution in [0.15, 0.2) is 0 Å². The Morgan fingerprint density at radius 2 is 1.67 bits per heavy atom. The van der Waals surface area contributed by atoms with Crippen molar-refractivity contribution in [2.45, 2.75) is 59.9 Å². The van der Waals surface area contributed by atoms with Gasteiger partial charge < -0.3 is 9.64 Å². The van der Waals surface area contributed by atoms with Gasteiger partial charge in [-0.1, -0.05) is 33.1 Å². The average Bonchev–Trinajstić information content (AvgIpc) is 3.07. The van der Waals surface area contributed by atoms with Gasteiger partial charge in [0.05, 0.1) is 6.61 Å². The molecule has 0 atom stereocenters. The van der Waals surface area contributed by atoms with Crippen LogP contribution >= 0.6 is 0 Å². The lowest BCUT2D eigenvalue weighted by molar-refractivity contribution is 0.107. The number of nitrogens with zero attached hydrogens (tertiary/aromatic N) is 1. The summed E-state index contributed by atoms with van der Waals surface area (Å²) in [6.45, 7) is 10.1. The number of amides is 1. The van der Waals surface area contributed by atoms with E-state index >= 15 is 0 Å². The van der Waals surface area contributed by atoms with Gasteiger partial charge in [-0.2, -0.15) is 0 Å². The first-order chi connectivity index (χ1) is 7.09. The molecule has 0 aromatic heterocycles. The summed E-state index contributed by atoms with van der Waals surface area (Å²) in [6.07, 6.45) is 4.25. The molecule has 1 aliphatic carbocycles. The van der Waals surface area contributed by atoms with Crippen LogP contribution in [0.4, 0.5) is 4.79 Å². The van der Waals surface area contributed by atoms with Crippen LogP contribution in [0.3, 0.4) is 0 Å². The standard InChI is InChI=1S/C7H15NO2.C3H6.C2H6/c1-5-10-7(9)8(4)6(2)3;1-2-3-1;1-2/h6H,5H2,1-4H3;1-3H2;1-2H3. The van der Waals surface area contributed by atoms with Crippen molar-refractivity contribution >= 4 is 6.09 Å². The monoisotopic (exact) mass is 217 g/mol. The van der Waals surface area contributed by atoms with E-state index in [1.165, 1.54) is 19.3 Å². The predicted molar refractivity (Wildman–Crippen MR) is 65.1 cm³/mol. The first-order valence-corrected chi connectivity index (χ1v) is 5.99. The van der Waals surface area contributed by atoms with E-state index in [2.05, 4.69) is 0 Å². The molecule has 0 heterocycles. The van der Waals surface area contributed by atoms with Gasteiger partial charge in [0, 0.05) is 13.1 Å². The highest BCUT2D eigenvalue weighted by Gasteiger charge is 2.11. The lowest BCUT2D eigenvalue weighted by atomic mass is 10.4. The third-order valence-corrected chi connectivity index (χ3v) is 1.68. The van der Waals surface area contributed by atoms with Crippen LogP contribution in [0.5, 0.6) is 0 Å². The first-order valence-electron chi connectivity index (χ1n) is 5.99. The molecule has 1 fully saturated rings. The number of carbonyl (C=O) groups excluding carboxylic acids is 1. The van der Waals surface area contributed by atoms with E-state index in [4.69, 9.17) is 4.74 Å². The molecule has 1 saturated carbocycles. The molecule has 0 aromatic carbocycles. The van der Waals surface area contributed by atoms with Gasteiger partial charge in [-0.25, -0.2) is 4.79 Å². The maximum absolute atomic E-state index is 10.9. The topological polar surface area (TPSA) is 29.5 Å². The predicted octanol–water partition coefficient (Wildman–Crippen LogP) is 3.68. The zero-order valence-electron chi connectivity index (χ0n) is 11.2. The second-order valence-corrected chi connectivity index (χ2v) is 3.46. The highest BCUT2D eigenvalue weighted by atomic mass is 16.6. The largest absolute Gasteiger partial charge is 0.450 e. The van der Waals surface area contributed by atoms with Crippen molar-refractivity contribution < 1.29 is 9.53 Å². The molecule has 0 unspecified atom stereocenters. The Morgan fingerprint density at radius 3 is 1.87 bits per heavy atom. The third-order valence-electron chi connectivity index (χ3n) is 1.68. The minimum atomic E-state index is -0.252. The van der Waals surface area contributed by atoms with E-state index < -0.39 is 0 Å². The van der Waals surface area contributed by atoms with Gasteiger partial charge in [0.25, 0.3) is 0 Å². The van der Waals surface area contributed by atoms with Gasteiger partial charge in [0.15, 0.2) is 0 Å². The van der Waals surface area contributed by atoms with Crippen molar-refractivity contribution in [1.82, 2.24) is 4.90 Å². The van der Waals surface area contributed by atoms with Crippen LogP contribution < -0.4 is 0 Å². The van der Waals surface area contributed by atoms with E-state index in [9.17, 15) is 4.79 Å². The molecule has 0 N–H and O–H groups in total. The second kappa shape index (κ2) is 11.3. The highest BCUT2D eigenvalue weighted by molar-refractivity contribution is 5.67. The van der Waals surface area contributed by atoms with E-state index in [1.54, 1.807) is 18.9 Å². The summed E-state index contributed by atoms with van der Waals surface area (Å²) >= 11 is 0. The van der Waals surface area contributed by atoms with Gasteiger partial charge in [0.2, 0.25) is 0 Å². The molecule has 0 spiro atoms. The van der Waals surface area contributed by atoms with Gasteiger partial charge >= 0.3 is 6.09 Å². The molecule has 92 valence electrons. The number of hydrogen-bond acceptors (Lipinski definition) is 2. The first kappa shape index (κ1) is 16.7. The van der Waals surface area contributed by atoms with Crippen LogP contribution in [0.25, 0.3) is 0 Å². The smallest absolute Gasteiger partial charge is 0.409 e. The summed E-state index contributed by atoms with van der Waals surface area (Å²) < 4.78 is 4.75. The molecule has 3 nitrogen and oxygen atoms in total. The van der Waals surface area contributed by atoms with Crippen molar-refractivity contribution in [2.24, 2.45) is 0 Å². The fourth-order valence-electron chi connectivity index (χ4n) is 0.436. The summed E-state index contributed by atoms with van der Waals surface area (Å²) in [5, 5.41) is 0. The molecule has 3 heteroatoms. The van der Waals surface area contributed by atoms with Crippen molar-refractivity contribution in [2.75, 3.05) is 13.7 Å². The molecule has 0 aromatic rings. The highest BCUT2D eigenvalue weighted by Crippen LogP contribution is 2.14. The minimum absolute atomic E-state index is 0.207. The molecular formula is C12H27NO2. The number of hydrogen-bond donors (Lipinski definition) is 0. The van der Waals surface area contributed by atoms with E-state index in [1.807, 2.05) is 27.7 Å². The fraction of sp³-hybridized carbons (Fsp3) is 0.917. The molecule has 1 amide bonds. The van der Waals surface area contributed by atoms with E-state index in [0.717, 1.165) is 0 Å². The number of ether oxygens (including phenoxy) is 1. The summed E-state index contributed by atoms with van der Waals surface area (Å²) in [6, 6.07) is 0.207. The van der Waals surface area contributed by atoms with E-state index in [0.29, 0.717) is 6.61 Å². The third kappa shape index (κ3) is 13.3. The fourth-order valence-corrected chi connectivity index (χ4v) is 0.436. The summed E-state index contributed by atoms with van der Waals surface area (Å²) in [5.41, 5.74) is 0. The van der Waals surface area contributed by atoms with Crippen molar-refractivity contribution in [1.29, 1.82) is 0 Å². The number of rotatable bonds is 2. The Hall–Kier alpha value is -0.730. The Kier molecular flexibility index (Phi) is 12.6. The van der Waals surface area contributed by atoms with Gasteiger partial charge in [-0.15, -0.1) is 0 Å². The molecule has 0 aliphatic heterocycles. The maximum Gasteiger partial charge on any atom is 0.409 e. The number of carbonyl (C=O) groups is 1. The van der Waals surface area contributed by atoms with Crippen molar-refractivity contribution in [3.63, 3.8) is 0 Å². The average molecular weight is 217 g/mol. The molecule has 0 saturated heterocycles. The van der Waals surface area contributed by atoms with Gasteiger partial charge in [-0.3, -0.25) is 0 Å². The Morgan fingerprint density at radius 1 is 1.27 bits per heavy atom. The van der Waals surface area contributed by atoms with Crippen LogP contribution in [0, 0.1) is 0 Å². The molecular weight excluding hydrogens is 190 g/mol. The summed E-state index contributed by atoms with van der Waals surface area (Å²) in [4.78, 5) is 12.4. The second-order valence-electron chi connectivity index (χ2n) is 3.46. The maximum atomic E-state index is 10.9. The van der Waals surface area contributed by atoms with Crippen molar-refractivity contribution in [3.05, 3.63) is 0 Å².